The fourth-order valence-corrected chi connectivity index (χ4v) is 3.24. The molecule has 0 unspecified atom stereocenters. The van der Waals surface area contributed by atoms with Crippen LogP contribution in [0.25, 0.3) is 0 Å². The van der Waals surface area contributed by atoms with Crippen molar-refractivity contribution in [3.63, 3.8) is 0 Å². The molecule has 0 atom stereocenters. The van der Waals surface area contributed by atoms with Gasteiger partial charge in [-0.05, 0) is 6.07 Å². The largest absolute Gasteiger partial charge is 0.493 e. The molecule has 1 fully saturated rings. The third kappa shape index (κ3) is 4.04. The minimum Gasteiger partial charge on any atom is -0.493 e. The summed E-state index contributed by atoms with van der Waals surface area (Å²) in [6.07, 6.45) is 1.24. The van der Waals surface area contributed by atoms with Crippen molar-refractivity contribution in [1.29, 1.82) is 0 Å². The summed E-state index contributed by atoms with van der Waals surface area (Å²) < 4.78 is 30.0. The smallest absolute Gasteiger partial charge is 0.211 e. The molecule has 1 heterocycles. The Morgan fingerprint density at radius 3 is 2.00 bits per heavy atom. The second kappa shape index (κ2) is 6.34. The number of anilines is 2. The standard InChI is InChI=1S/C15H25N3O3S/c1-16(2)13-6-14(17(3)4)8-15(7-13)21-11-12-9-18(10-12)22(5,19)20/h6-8,12H,9-11H2,1-5H3. The minimum atomic E-state index is -3.05. The maximum absolute atomic E-state index is 11.3. The van der Waals surface area contributed by atoms with E-state index in [1.54, 1.807) is 0 Å². The van der Waals surface area contributed by atoms with Crippen LogP contribution in [0.5, 0.6) is 5.75 Å². The first-order chi connectivity index (χ1) is 10.2. The lowest BCUT2D eigenvalue weighted by Crippen LogP contribution is -2.51. The average molecular weight is 327 g/mol. The van der Waals surface area contributed by atoms with Gasteiger partial charge in [-0.25, -0.2) is 12.7 Å². The highest BCUT2D eigenvalue weighted by Gasteiger charge is 2.33. The summed E-state index contributed by atoms with van der Waals surface area (Å²) in [5.41, 5.74) is 2.15. The monoisotopic (exact) mass is 327 g/mol. The number of ether oxygens (including phenoxy) is 1. The molecule has 2 rings (SSSR count). The number of benzene rings is 1. The van der Waals surface area contributed by atoms with Gasteiger partial charge in [0.2, 0.25) is 10.0 Å². The molecule has 1 aromatic carbocycles. The lowest BCUT2D eigenvalue weighted by atomic mass is 10.1. The fourth-order valence-electron chi connectivity index (χ4n) is 2.28. The molecule has 1 aromatic rings. The Bertz CT molecular complexity index is 597. The van der Waals surface area contributed by atoms with E-state index in [0.29, 0.717) is 19.7 Å². The Hall–Kier alpha value is -1.47. The normalized spacial score (nSPS) is 16.2. The third-order valence-electron chi connectivity index (χ3n) is 3.79. The molecule has 0 amide bonds. The highest BCUT2D eigenvalue weighted by Crippen LogP contribution is 2.28. The van der Waals surface area contributed by atoms with Crippen molar-refractivity contribution in [2.75, 3.05) is 63.9 Å². The van der Waals surface area contributed by atoms with Gasteiger partial charge in [-0.15, -0.1) is 0 Å². The maximum atomic E-state index is 11.3. The molecular weight excluding hydrogens is 302 g/mol. The van der Waals surface area contributed by atoms with Crippen molar-refractivity contribution in [3.8, 4) is 5.75 Å². The molecule has 1 aliphatic heterocycles. The zero-order chi connectivity index (χ0) is 16.5. The van der Waals surface area contributed by atoms with Gasteiger partial charge < -0.3 is 14.5 Å². The van der Waals surface area contributed by atoms with Crippen LogP contribution in [0.4, 0.5) is 11.4 Å². The molecule has 6 nitrogen and oxygen atoms in total. The average Bonchev–Trinajstić information content (AvgIpc) is 2.34. The van der Waals surface area contributed by atoms with Crippen LogP contribution in [0.2, 0.25) is 0 Å². The first-order valence-electron chi connectivity index (χ1n) is 7.24. The van der Waals surface area contributed by atoms with E-state index in [4.69, 9.17) is 4.74 Å². The molecule has 1 aliphatic rings. The molecule has 0 bridgehead atoms. The van der Waals surface area contributed by atoms with Crippen molar-refractivity contribution in [3.05, 3.63) is 18.2 Å². The Morgan fingerprint density at radius 2 is 1.59 bits per heavy atom. The van der Waals surface area contributed by atoms with Gasteiger partial charge in [0.1, 0.15) is 5.75 Å². The van der Waals surface area contributed by atoms with Crippen LogP contribution in [0.15, 0.2) is 18.2 Å². The van der Waals surface area contributed by atoms with Crippen LogP contribution in [-0.4, -0.2) is 66.9 Å². The highest BCUT2D eigenvalue weighted by atomic mass is 32.2. The number of hydrogen-bond donors (Lipinski definition) is 0. The van der Waals surface area contributed by atoms with E-state index in [-0.39, 0.29) is 5.92 Å². The number of rotatable bonds is 6. The van der Waals surface area contributed by atoms with E-state index >= 15 is 0 Å². The van der Waals surface area contributed by atoms with E-state index in [1.807, 2.05) is 50.1 Å². The van der Waals surface area contributed by atoms with Crippen LogP contribution < -0.4 is 14.5 Å². The fraction of sp³-hybridized carbons (Fsp3) is 0.600. The predicted octanol–water partition coefficient (Wildman–Crippen LogP) is 1.09. The molecule has 0 aromatic heterocycles. The summed E-state index contributed by atoms with van der Waals surface area (Å²) in [5, 5.41) is 0. The predicted molar refractivity (Wildman–Crippen MR) is 90.5 cm³/mol. The van der Waals surface area contributed by atoms with Gasteiger partial charge in [-0.2, -0.15) is 0 Å². The molecule has 0 aliphatic carbocycles. The van der Waals surface area contributed by atoms with Crippen molar-refractivity contribution in [1.82, 2.24) is 4.31 Å². The molecule has 7 heteroatoms. The van der Waals surface area contributed by atoms with E-state index in [1.165, 1.54) is 10.6 Å². The van der Waals surface area contributed by atoms with Gasteiger partial charge in [0.25, 0.3) is 0 Å². The molecule has 0 radical (unpaired) electrons. The molecule has 1 saturated heterocycles. The van der Waals surface area contributed by atoms with Crippen molar-refractivity contribution < 1.29 is 13.2 Å². The van der Waals surface area contributed by atoms with E-state index < -0.39 is 10.0 Å². The summed E-state index contributed by atoms with van der Waals surface area (Å²) in [7, 11) is 4.92. The van der Waals surface area contributed by atoms with Gasteiger partial charge in [0.15, 0.2) is 0 Å². The number of nitrogens with zero attached hydrogens (tertiary/aromatic N) is 3. The van der Waals surface area contributed by atoms with Crippen molar-refractivity contribution >= 4 is 21.4 Å². The van der Waals surface area contributed by atoms with E-state index in [0.717, 1.165) is 17.1 Å². The summed E-state index contributed by atoms with van der Waals surface area (Å²) in [6, 6.07) is 6.10. The summed E-state index contributed by atoms with van der Waals surface area (Å²) in [6.45, 7) is 1.63. The topological polar surface area (TPSA) is 53.1 Å². The zero-order valence-corrected chi connectivity index (χ0v) is 14.7. The minimum absolute atomic E-state index is 0.264. The van der Waals surface area contributed by atoms with Crippen LogP contribution >= 0.6 is 0 Å². The van der Waals surface area contributed by atoms with E-state index in [2.05, 4.69) is 6.07 Å². The first kappa shape index (κ1) is 16.9. The van der Waals surface area contributed by atoms with Crippen LogP contribution in [-0.2, 0) is 10.0 Å². The van der Waals surface area contributed by atoms with Gasteiger partial charge in [-0.3, -0.25) is 0 Å². The Labute approximate surface area is 133 Å². The second-order valence-electron chi connectivity index (χ2n) is 6.23. The molecular formula is C15H25N3O3S. The number of hydrogen-bond acceptors (Lipinski definition) is 5. The zero-order valence-electron chi connectivity index (χ0n) is 13.9. The number of sulfonamides is 1. The summed E-state index contributed by atoms with van der Waals surface area (Å²) >= 11 is 0. The van der Waals surface area contributed by atoms with Gasteiger partial charge in [0, 0.05) is 70.7 Å². The SMILES string of the molecule is CN(C)c1cc(OCC2CN(S(C)(=O)=O)C2)cc(N(C)C)c1. The third-order valence-corrected chi connectivity index (χ3v) is 5.02. The van der Waals surface area contributed by atoms with E-state index in [9.17, 15) is 8.42 Å². The van der Waals surface area contributed by atoms with Gasteiger partial charge >= 0.3 is 0 Å². The molecule has 124 valence electrons. The highest BCUT2D eigenvalue weighted by molar-refractivity contribution is 7.88. The van der Waals surface area contributed by atoms with Crippen molar-refractivity contribution in [2.45, 2.75) is 0 Å². The molecule has 0 spiro atoms. The lowest BCUT2D eigenvalue weighted by Gasteiger charge is -2.36. The summed E-state index contributed by atoms with van der Waals surface area (Å²) in [4.78, 5) is 4.07. The van der Waals surface area contributed by atoms with Gasteiger partial charge in [-0.1, -0.05) is 0 Å². The van der Waals surface area contributed by atoms with Gasteiger partial charge in [0.05, 0.1) is 12.9 Å². The Balaban J connectivity index is 1.98. The quantitative estimate of drug-likeness (QED) is 0.783. The first-order valence-corrected chi connectivity index (χ1v) is 9.09. The molecule has 0 saturated carbocycles. The molecule has 0 N–H and O–H groups in total. The molecule has 22 heavy (non-hydrogen) atoms. The Kier molecular flexibility index (Phi) is 4.87. The lowest BCUT2D eigenvalue weighted by molar-refractivity contribution is 0.130. The van der Waals surface area contributed by atoms with Crippen LogP contribution in [0, 0.1) is 5.92 Å². The second-order valence-corrected chi connectivity index (χ2v) is 8.21. The maximum Gasteiger partial charge on any atom is 0.211 e. The van der Waals surface area contributed by atoms with Crippen molar-refractivity contribution in [2.24, 2.45) is 5.92 Å². The van der Waals surface area contributed by atoms with Crippen LogP contribution in [0.3, 0.4) is 0 Å². The van der Waals surface area contributed by atoms with Crippen LogP contribution in [0.1, 0.15) is 0 Å². The summed E-state index contributed by atoms with van der Waals surface area (Å²) in [5.74, 6) is 1.08. The Morgan fingerprint density at radius 1 is 1.09 bits per heavy atom.